The van der Waals surface area contributed by atoms with Crippen LogP contribution in [0.25, 0.3) is 11.4 Å². The van der Waals surface area contributed by atoms with Gasteiger partial charge < -0.3 is 10.3 Å². The number of aromatic nitrogens is 2. The van der Waals surface area contributed by atoms with Gasteiger partial charge in [0.05, 0.1) is 0 Å². The minimum Gasteiger partial charge on any atom is -0.331 e. The van der Waals surface area contributed by atoms with Crippen molar-refractivity contribution >= 4 is 27.5 Å². The van der Waals surface area contributed by atoms with Gasteiger partial charge >= 0.3 is 0 Å². The van der Waals surface area contributed by atoms with Crippen molar-refractivity contribution in [3.63, 3.8) is 0 Å². The summed E-state index contributed by atoms with van der Waals surface area (Å²) in [6.45, 7) is 1.55. The van der Waals surface area contributed by atoms with Crippen LogP contribution in [0.4, 0.5) is 0 Å². The zero-order chi connectivity index (χ0) is 12.3. The number of hydrogen-bond donors (Lipinski definition) is 1. The second-order valence-electron chi connectivity index (χ2n) is 3.74. The topological polar surface area (TPSA) is 43.8 Å². The molecule has 0 fully saturated rings. The standard InChI is InChI=1S/C12H13BrClN3/c13-10-6-9(7-11(14)8-10)12-16-3-5-17(12)4-1-2-15/h3,5-8H,1-2,4,15H2. The van der Waals surface area contributed by atoms with Crippen molar-refractivity contribution in [2.75, 3.05) is 6.54 Å². The number of rotatable bonds is 4. The van der Waals surface area contributed by atoms with E-state index in [0.29, 0.717) is 11.6 Å². The van der Waals surface area contributed by atoms with Gasteiger partial charge in [0.25, 0.3) is 0 Å². The molecule has 90 valence electrons. The van der Waals surface area contributed by atoms with E-state index in [0.717, 1.165) is 28.8 Å². The number of nitrogens with two attached hydrogens (primary N) is 1. The van der Waals surface area contributed by atoms with Gasteiger partial charge in [-0.15, -0.1) is 0 Å². The maximum Gasteiger partial charge on any atom is 0.139 e. The molecule has 1 heterocycles. The van der Waals surface area contributed by atoms with Crippen molar-refractivity contribution in [2.24, 2.45) is 5.73 Å². The predicted molar refractivity (Wildman–Crippen MR) is 74.0 cm³/mol. The van der Waals surface area contributed by atoms with Crippen molar-refractivity contribution in [2.45, 2.75) is 13.0 Å². The molecule has 5 heteroatoms. The highest BCUT2D eigenvalue weighted by Crippen LogP contribution is 2.26. The number of halogens is 2. The molecule has 0 aliphatic rings. The lowest BCUT2D eigenvalue weighted by atomic mass is 10.2. The number of benzene rings is 1. The summed E-state index contributed by atoms with van der Waals surface area (Å²) in [6.07, 6.45) is 4.69. The normalized spacial score (nSPS) is 10.8. The van der Waals surface area contributed by atoms with Crippen molar-refractivity contribution in [1.82, 2.24) is 9.55 Å². The van der Waals surface area contributed by atoms with Crippen LogP contribution in [-0.4, -0.2) is 16.1 Å². The molecule has 1 aromatic heterocycles. The zero-order valence-corrected chi connectivity index (χ0v) is 11.6. The van der Waals surface area contributed by atoms with Crippen LogP contribution in [0.15, 0.2) is 35.1 Å². The lowest BCUT2D eigenvalue weighted by molar-refractivity contribution is 0.656. The Morgan fingerprint density at radius 1 is 1.35 bits per heavy atom. The monoisotopic (exact) mass is 313 g/mol. The molecule has 3 nitrogen and oxygen atoms in total. The van der Waals surface area contributed by atoms with Gasteiger partial charge in [-0.1, -0.05) is 27.5 Å². The number of aryl methyl sites for hydroxylation is 1. The molecule has 0 atom stereocenters. The average Bonchev–Trinajstić information content (AvgIpc) is 2.73. The summed E-state index contributed by atoms with van der Waals surface area (Å²) in [6, 6.07) is 5.78. The van der Waals surface area contributed by atoms with E-state index in [1.165, 1.54) is 0 Å². The summed E-state index contributed by atoms with van der Waals surface area (Å²) in [4.78, 5) is 4.36. The Morgan fingerprint density at radius 3 is 2.88 bits per heavy atom. The van der Waals surface area contributed by atoms with E-state index in [1.54, 1.807) is 6.20 Å². The van der Waals surface area contributed by atoms with Gasteiger partial charge in [-0.3, -0.25) is 0 Å². The maximum atomic E-state index is 6.04. The molecule has 0 saturated heterocycles. The van der Waals surface area contributed by atoms with E-state index in [-0.39, 0.29) is 0 Å². The van der Waals surface area contributed by atoms with E-state index in [1.807, 2.05) is 24.4 Å². The van der Waals surface area contributed by atoms with Crippen LogP contribution in [0, 0.1) is 0 Å². The van der Waals surface area contributed by atoms with Gasteiger partial charge in [0, 0.05) is 34.0 Å². The third-order valence-corrected chi connectivity index (χ3v) is 3.12. The Bertz CT molecular complexity index is 490. The molecule has 17 heavy (non-hydrogen) atoms. The van der Waals surface area contributed by atoms with Gasteiger partial charge in [0.2, 0.25) is 0 Å². The average molecular weight is 315 g/mol. The van der Waals surface area contributed by atoms with E-state index in [9.17, 15) is 0 Å². The summed E-state index contributed by atoms with van der Waals surface area (Å²) in [5, 5.41) is 0.697. The van der Waals surface area contributed by atoms with Crippen LogP contribution in [0.1, 0.15) is 6.42 Å². The van der Waals surface area contributed by atoms with Gasteiger partial charge in [-0.2, -0.15) is 0 Å². The largest absolute Gasteiger partial charge is 0.331 e. The van der Waals surface area contributed by atoms with Gasteiger partial charge in [-0.25, -0.2) is 4.98 Å². The smallest absolute Gasteiger partial charge is 0.139 e. The summed E-state index contributed by atoms with van der Waals surface area (Å²) >= 11 is 9.47. The minimum absolute atomic E-state index is 0.677. The first-order valence-corrected chi connectivity index (χ1v) is 6.55. The molecule has 2 rings (SSSR count). The fraction of sp³-hybridized carbons (Fsp3) is 0.250. The van der Waals surface area contributed by atoms with E-state index in [2.05, 4.69) is 25.5 Å². The summed E-state index contributed by atoms with van der Waals surface area (Å²) in [5.74, 6) is 0.918. The molecular weight excluding hydrogens is 302 g/mol. The molecule has 1 aromatic carbocycles. The molecule has 0 saturated carbocycles. The van der Waals surface area contributed by atoms with Crippen LogP contribution in [0.3, 0.4) is 0 Å². The highest BCUT2D eigenvalue weighted by molar-refractivity contribution is 9.10. The van der Waals surface area contributed by atoms with Crippen molar-refractivity contribution in [3.8, 4) is 11.4 Å². The highest BCUT2D eigenvalue weighted by Gasteiger charge is 2.07. The lowest BCUT2D eigenvalue weighted by Gasteiger charge is -2.07. The summed E-state index contributed by atoms with van der Waals surface area (Å²) in [7, 11) is 0. The number of nitrogens with zero attached hydrogens (tertiary/aromatic N) is 2. The summed E-state index contributed by atoms with van der Waals surface area (Å²) < 4.78 is 3.04. The minimum atomic E-state index is 0.677. The molecule has 0 aliphatic heterocycles. The molecule has 2 N–H and O–H groups in total. The third-order valence-electron chi connectivity index (χ3n) is 2.44. The van der Waals surface area contributed by atoms with Gasteiger partial charge in [-0.05, 0) is 31.2 Å². The first-order valence-electron chi connectivity index (χ1n) is 5.38. The second-order valence-corrected chi connectivity index (χ2v) is 5.10. The van der Waals surface area contributed by atoms with Crippen LogP contribution in [0.2, 0.25) is 5.02 Å². The molecule has 0 unspecified atom stereocenters. The van der Waals surface area contributed by atoms with Crippen LogP contribution in [0.5, 0.6) is 0 Å². The van der Waals surface area contributed by atoms with Crippen molar-refractivity contribution < 1.29 is 0 Å². The number of imidazole rings is 1. The first kappa shape index (κ1) is 12.6. The van der Waals surface area contributed by atoms with Crippen LogP contribution < -0.4 is 5.73 Å². The molecule has 0 radical (unpaired) electrons. The summed E-state index contributed by atoms with van der Waals surface area (Å²) in [5.41, 5.74) is 6.53. The Labute approximate surface area is 114 Å². The Kier molecular flexibility index (Phi) is 4.20. The van der Waals surface area contributed by atoms with Gasteiger partial charge in [0.1, 0.15) is 5.82 Å². The zero-order valence-electron chi connectivity index (χ0n) is 9.24. The van der Waals surface area contributed by atoms with E-state index < -0.39 is 0 Å². The SMILES string of the molecule is NCCCn1ccnc1-c1cc(Cl)cc(Br)c1. The van der Waals surface area contributed by atoms with Gasteiger partial charge in [0.15, 0.2) is 0 Å². The second kappa shape index (κ2) is 5.67. The van der Waals surface area contributed by atoms with E-state index >= 15 is 0 Å². The van der Waals surface area contributed by atoms with Crippen molar-refractivity contribution in [1.29, 1.82) is 0 Å². The van der Waals surface area contributed by atoms with E-state index in [4.69, 9.17) is 17.3 Å². The maximum absolute atomic E-state index is 6.04. The fourth-order valence-corrected chi connectivity index (χ4v) is 2.55. The molecule has 0 aliphatic carbocycles. The Hall–Kier alpha value is -0.840. The number of hydrogen-bond acceptors (Lipinski definition) is 2. The lowest BCUT2D eigenvalue weighted by Crippen LogP contribution is -2.06. The molecule has 2 aromatic rings. The highest BCUT2D eigenvalue weighted by atomic mass is 79.9. The molecule has 0 amide bonds. The molecule has 0 spiro atoms. The molecular formula is C12H13BrClN3. The van der Waals surface area contributed by atoms with Crippen LogP contribution in [-0.2, 0) is 6.54 Å². The fourth-order valence-electron chi connectivity index (χ4n) is 1.69. The Balaban J connectivity index is 2.35. The predicted octanol–water partition coefficient (Wildman–Crippen LogP) is 3.31. The Morgan fingerprint density at radius 2 is 2.18 bits per heavy atom. The quantitative estimate of drug-likeness (QED) is 0.941. The van der Waals surface area contributed by atoms with Crippen LogP contribution >= 0.6 is 27.5 Å². The molecule has 0 bridgehead atoms. The van der Waals surface area contributed by atoms with Crippen molar-refractivity contribution in [3.05, 3.63) is 40.1 Å². The first-order chi connectivity index (χ1) is 8.20. The third kappa shape index (κ3) is 3.09.